The summed E-state index contributed by atoms with van der Waals surface area (Å²) in [5.74, 6) is -1.95. The van der Waals surface area contributed by atoms with Crippen LogP contribution in [-0.2, 0) is 25.5 Å². The smallest absolute Gasteiger partial charge is 0.661 e. The number of aliphatic hydroxyl groups excluding tert-OH is 1. The molecule has 1 aliphatic carbocycles. The number of nitrogens with zero attached hydrogens (tertiary/aromatic N) is 4. The van der Waals surface area contributed by atoms with E-state index >= 15 is 0 Å². The van der Waals surface area contributed by atoms with Crippen LogP contribution < -0.4 is 20.7 Å². The Morgan fingerprint density at radius 3 is 2.39 bits per heavy atom. The van der Waals surface area contributed by atoms with Crippen LogP contribution in [0.4, 0.5) is 0 Å². The second-order valence-corrected chi connectivity index (χ2v) is 13.8. The van der Waals surface area contributed by atoms with Crippen LogP contribution in [-0.4, -0.2) is 53.8 Å². The Kier molecular flexibility index (Phi) is 11.7. The van der Waals surface area contributed by atoms with E-state index in [4.69, 9.17) is 30.1 Å². The van der Waals surface area contributed by atoms with E-state index in [1.165, 1.54) is 7.11 Å². The Morgan fingerprint density at radius 2 is 1.73 bits per heavy atom. The van der Waals surface area contributed by atoms with Crippen LogP contribution in [0.5, 0.6) is 0 Å². The molecule has 0 spiro atoms. The van der Waals surface area contributed by atoms with Gasteiger partial charge in [-0.25, -0.2) is 0 Å². The third-order valence-electron chi connectivity index (χ3n) is 11.0. The van der Waals surface area contributed by atoms with E-state index in [9.17, 15) is 14.7 Å². The fourth-order valence-corrected chi connectivity index (χ4v) is 7.77. The number of aromatic nitrogens is 2. The standard InChI is InChI=1S/C41H48N4O5.Mg/c1-10-20(4)15-16-50-34(46)14-13-27-23(7)30-17-28-21(5)25(11-2)32(42-28)18-29-22(6)26(12-3)33(43-29)19-31-24(8)35-39(45-31)36(38(27)44-30)37(40(35)47)41(48)49-9;/h15,17-19,23,25,37,40,47H,10-14,16H2,1-9H3;/q-4;+2/b20-15+,30-17-,31-19-,32-18-;/t23-,25-,37+,40+;/m0./s1. The first-order chi connectivity index (χ1) is 23.9. The van der Waals surface area contributed by atoms with Crippen LogP contribution in [0.1, 0.15) is 107 Å². The number of fused-ring (bicyclic) bond motifs is 8. The summed E-state index contributed by atoms with van der Waals surface area (Å²) in [6, 6.07) is 0. The van der Waals surface area contributed by atoms with Gasteiger partial charge in [-0.2, -0.15) is 11.4 Å². The molecule has 5 heterocycles. The average Bonchev–Trinajstić information content (AvgIpc) is 3.84. The number of hydrogen-bond donors (Lipinski definition) is 1. The van der Waals surface area contributed by atoms with Gasteiger partial charge < -0.3 is 35.2 Å². The van der Waals surface area contributed by atoms with E-state index in [1.54, 1.807) is 0 Å². The molecule has 0 fully saturated rings. The Labute approximate surface area is 317 Å². The Hall–Kier alpha value is -3.73. The number of aliphatic hydroxyl groups is 1. The molecule has 0 saturated carbocycles. The third-order valence-corrected chi connectivity index (χ3v) is 11.0. The van der Waals surface area contributed by atoms with Crippen LogP contribution in [0.25, 0.3) is 28.4 Å². The van der Waals surface area contributed by atoms with Crippen molar-refractivity contribution in [3.8, 4) is 0 Å². The van der Waals surface area contributed by atoms with Gasteiger partial charge in [0.1, 0.15) is 12.5 Å². The van der Waals surface area contributed by atoms with Crippen LogP contribution in [0.15, 0.2) is 51.7 Å². The van der Waals surface area contributed by atoms with Gasteiger partial charge in [-0.3, -0.25) is 9.59 Å². The van der Waals surface area contributed by atoms with Gasteiger partial charge in [-0.15, -0.1) is 33.5 Å². The molecule has 6 rings (SSSR count). The van der Waals surface area contributed by atoms with Crippen molar-refractivity contribution < 1.29 is 24.2 Å². The van der Waals surface area contributed by atoms with Gasteiger partial charge in [-0.1, -0.05) is 84.9 Å². The number of hydrogen-bond acceptors (Lipinski definition) is 5. The molecule has 0 amide bonds. The van der Waals surface area contributed by atoms with Crippen molar-refractivity contribution in [1.29, 1.82) is 0 Å². The Bertz CT molecular complexity index is 2040. The predicted molar refractivity (Wildman–Crippen MR) is 201 cm³/mol. The first-order valence-corrected chi connectivity index (χ1v) is 17.9. The molecular weight excluding hydrogens is 653 g/mol. The molecule has 2 aromatic rings. The third kappa shape index (κ3) is 6.82. The molecule has 51 heavy (non-hydrogen) atoms. The zero-order valence-electron chi connectivity index (χ0n) is 31.4. The summed E-state index contributed by atoms with van der Waals surface area (Å²) in [4.78, 5) is 36.6. The minimum absolute atomic E-state index is 0. The minimum Gasteiger partial charge on any atom is -0.661 e. The maximum atomic E-state index is 13.5. The van der Waals surface area contributed by atoms with Gasteiger partial charge in [-0.05, 0) is 76.9 Å². The van der Waals surface area contributed by atoms with Crippen molar-refractivity contribution >= 4 is 52.7 Å². The van der Waals surface area contributed by atoms with Crippen LogP contribution in [0.2, 0.25) is 0 Å². The molecule has 4 aliphatic rings. The Morgan fingerprint density at radius 1 is 0.980 bits per heavy atom. The monoisotopic (exact) mass is 700 g/mol. The molecule has 8 bridgehead atoms. The molecule has 4 atom stereocenters. The first-order valence-electron chi connectivity index (χ1n) is 17.9. The van der Waals surface area contributed by atoms with E-state index in [0.29, 0.717) is 34.0 Å². The molecule has 9 nitrogen and oxygen atoms in total. The second kappa shape index (κ2) is 15.5. The molecule has 0 saturated heterocycles. The second-order valence-electron chi connectivity index (χ2n) is 13.8. The minimum atomic E-state index is -1.17. The number of allylic oxidation sites excluding steroid dienone is 5. The zero-order chi connectivity index (χ0) is 36.0. The van der Waals surface area contributed by atoms with Crippen LogP contribution >= 0.6 is 0 Å². The SMILES string of the molecule is CC/C(C)=C/COC(=O)CCC1=C2[N-]/C(=C\C3=C(C)[C@H](CC)/C(=C/c4[n-]c(c(CC)c4C)/C=c4\[n-]c5c(c4C)[C@@H](O)[C@H](C(=O)OC)C=52)[N-]3)[C@H]1C.[Mg+2]. The summed E-state index contributed by atoms with van der Waals surface area (Å²) in [5, 5.41) is 23.4. The quantitative estimate of drug-likeness (QED) is 0.190. The summed E-state index contributed by atoms with van der Waals surface area (Å²) in [7, 11) is 1.33. The molecule has 266 valence electrons. The fraction of sp³-hybridized carbons (Fsp3) is 0.463. The summed E-state index contributed by atoms with van der Waals surface area (Å²) in [6.07, 6.45) is 9.99. The van der Waals surface area contributed by atoms with Crippen molar-refractivity contribution in [2.45, 2.75) is 93.6 Å². The molecule has 2 aromatic heterocycles. The van der Waals surface area contributed by atoms with Crippen LogP contribution in [0, 0.1) is 31.6 Å². The van der Waals surface area contributed by atoms with Crippen molar-refractivity contribution in [2.75, 3.05) is 13.7 Å². The normalized spacial score (nSPS) is 24.9. The summed E-state index contributed by atoms with van der Waals surface area (Å²) < 4.78 is 10.8. The maximum Gasteiger partial charge on any atom is 2.00 e. The van der Waals surface area contributed by atoms with Gasteiger partial charge in [0.2, 0.25) is 0 Å². The molecule has 1 N–H and O–H groups in total. The number of carbonyl (C=O) groups excluding carboxylic acids is 2. The Balaban J connectivity index is 0.00000504. The van der Waals surface area contributed by atoms with Gasteiger partial charge >= 0.3 is 35.0 Å². The van der Waals surface area contributed by atoms with Crippen molar-refractivity contribution in [3.05, 3.63) is 107 Å². The van der Waals surface area contributed by atoms with E-state index in [0.717, 1.165) is 81.2 Å². The van der Waals surface area contributed by atoms with E-state index < -0.39 is 18.0 Å². The number of ether oxygens (including phenoxy) is 2. The summed E-state index contributed by atoms with van der Waals surface area (Å²) in [5.41, 5.74) is 12.3. The number of esters is 2. The molecule has 0 radical (unpaired) electrons. The van der Waals surface area contributed by atoms with Gasteiger partial charge in [0.15, 0.2) is 0 Å². The first kappa shape index (κ1) is 38.5. The van der Waals surface area contributed by atoms with Gasteiger partial charge in [0, 0.05) is 6.42 Å². The largest absolute Gasteiger partial charge is 2.00 e. The predicted octanol–water partition coefficient (Wildman–Crippen LogP) is 6.10. The van der Waals surface area contributed by atoms with Gasteiger partial charge in [0.05, 0.1) is 13.2 Å². The summed E-state index contributed by atoms with van der Waals surface area (Å²) >= 11 is 0. The number of carbonyl (C=O) groups is 2. The van der Waals surface area contributed by atoms with Gasteiger partial charge in [0.25, 0.3) is 0 Å². The van der Waals surface area contributed by atoms with E-state index in [1.807, 2.05) is 32.1 Å². The number of rotatable bonds is 9. The van der Waals surface area contributed by atoms with Crippen molar-refractivity contribution in [3.63, 3.8) is 0 Å². The molecular formula is C41H48MgN4O5-2. The van der Waals surface area contributed by atoms with Crippen molar-refractivity contribution in [2.24, 2.45) is 17.8 Å². The molecule has 10 heteroatoms. The molecule has 0 unspecified atom stereocenters. The average molecular weight is 701 g/mol. The zero-order valence-corrected chi connectivity index (χ0v) is 32.9. The van der Waals surface area contributed by atoms with Crippen molar-refractivity contribution in [1.82, 2.24) is 9.97 Å². The summed E-state index contributed by atoms with van der Waals surface area (Å²) in [6.45, 7) is 16.8. The number of methoxy groups -OCH3 is 1. The molecule has 3 aliphatic heterocycles. The fourth-order valence-electron chi connectivity index (χ4n) is 7.77. The maximum absolute atomic E-state index is 13.5. The molecule has 0 aromatic carbocycles. The van der Waals surface area contributed by atoms with E-state index in [2.05, 4.69) is 47.6 Å². The van der Waals surface area contributed by atoms with E-state index in [-0.39, 0.29) is 53.9 Å². The van der Waals surface area contributed by atoms with Crippen LogP contribution in [0.3, 0.4) is 0 Å². The topological polar surface area (TPSA) is 129 Å².